The maximum atomic E-state index is 13.4. The molecule has 0 aliphatic heterocycles. The predicted octanol–water partition coefficient (Wildman–Crippen LogP) is 7.08. The number of aromatic nitrogens is 3. The van der Waals surface area contributed by atoms with Crippen molar-refractivity contribution in [1.29, 1.82) is 0 Å². The number of carbonyl (C=O) groups excluding carboxylic acids is 1. The van der Waals surface area contributed by atoms with Gasteiger partial charge < -0.3 is 4.90 Å². The third kappa shape index (κ3) is 5.43. The molecule has 3 aromatic carbocycles. The lowest BCUT2D eigenvalue weighted by Crippen LogP contribution is -2.29. The Morgan fingerprint density at radius 2 is 1.76 bits per heavy atom. The van der Waals surface area contributed by atoms with Gasteiger partial charge in [-0.2, -0.15) is 13.2 Å². The van der Waals surface area contributed by atoms with Gasteiger partial charge in [0, 0.05) is 24.7 Å². The van der Waals surface area contributed by atoms with Crippen molar-refractivity contribution in [3.63, 3.8) is 0 Å². The number of hydrogen-bond donors (Lipinski definition) is 0. The van der Waals surface area contributed by atoms with Crippen LogP contribution in [0.3, 0.4) is 0 Å². The molecule has 0 N–H and O–H groups in total. The van der Waals surface area contributed by atoms with Gasteiger partial charge in [0.15, 0.2) is 5.16 Å². The van der Waals surface area contributed by atoms with Crippen LogP contribution in [0, 0.1) is 12.7 Å². The number of nitrogens with zero attached hydrogens (tertiary/aromatic N) is 4. The summed E-state index contributed by atoms with van der Waals surface area (Å²) < 4.78 is 54.8. The number of alkyl halides is 3. The van der Waals surface area contributed by atoms with Crippen molar-refractivity contribution >= 4 is 29.6 Å². The molecule has 0 saturated heterocycles. The summed E-state index contributed by atoms with van der Waals surface area (Å²) in [7, 11) is 1.39. The monoisotopic (exact) mass is 526 g/mol. The van der Waals surface area contributed by atoms with Crippen LogP contribution in [0.1, 0.15) is 27.3 Å². The molecule has 0 spiro atoms. The molecule has 0 radical (unpaired) electrons. The van der Waals surface area contributed by atoms with Gasteiger partial charge in [-0.1, -0.05) is 60.8 Å². The number of halogens is 4. The predicted molar refractivity (Wildman–Crippen MR) is 137 cm³/mol. The van der Waals surface area contributed by atoms with Crippen molar-refractivity contribution < 1.29 is 22.4 Å². The van der Waals surface area contributed by atoms with E-state index >= 15 is 0 Å². The minimum absolute atomic E-state index is 0.0671. The van der Waals surface area contributed by atoms with E-state index < -0.39 is 17.6 Å². The second-order valence-electron chi connectivity index (χ2n) is 8.12. The summed E-state index contributed by atoms with van der Waals surface area (Å²) in [4.78, 5) is 14.3. The molecule has 10 heteroatoms. The van der Waals surface area contributed by atoms with Gasteiger partial charge >= 0.3 is 6.18 Å². The Hall–Kier alpha value is -3.92. The van der Waals surface area contributed by atoms with Crippen molar-refractivity contribution in [2.45, 2.75) is 24.0 Å². The number of carbonyl (C=O) groups is 1. The van der Waals surface area contributed by atoms with Crippen molar-refractivity contribution in [3.05, 3.63) is 102 Å². The molecule has 4 aromatic rings. The molecule has 37 heavy (non-hydrogen) atoms. The van der Waals surface area contributed by atoms with Crippen molar-refractivity contribution in [3.8, 4) is 11.1 Å². The van der Waals surface area contributed by atoms with E-state index in [2.05, 4.69) is 16.8 Å². The highest BCUT2D eigenvalue weighted by Gasteiger charge is 2.34. The number of anilines is 1. The summed E-state index contributed by atoms with van der Waals surface area (Å²) in [5, 5.41) is 8.51. The largest absolute Gasteiger partial charge is 0.416 e. The summed E-state index contributed by atoms with van der Waals surface area (Å²) in [6.07, 6.45) is -3.16. The maximum absolute atomic E-state index is 13.4. The van der Waals surface area contributed by atoms with Gasteiger partial charge in [-0.25, -0.2) is 4.39 Å². The molecule has 0 atom stereocenters. The Balaban J connectivity index is 1.58. The average molecular weight is 527 g/mol. The topological polar surface area (TPSA) is 51.0 Å². The second kappa shape index (κ2) is 10.6. The zero-order valence-corrected chi connectivity index (χ0v) is 20.8. The van der Waals surface area contributed by atoms with E-state index in [1.165, 1.54) is 60.8 Å². The van der Waals surface area contributed by atoms with Crippen LogP contribution in [-0.2, 0) is 11.9 Å². The normalized spacial score (nSPS) is 11.4. The van der Waals surface area contributed by atoms with Crippen LogP contribution < -0.4 is 4.90 Å². The van der Waals surface area contributed by atoms with E-state index in [9.17, 15) is 22.4 Å². The van der Waals surface area contributed by atoms with Gasteiger partial charge in [0.1, 0.15) is 5.82 Å². The van der Waals surface area contributed by atoms with Crippen LogP contribution in [0.25, 0.3) is 17.3 Å². The molecule has 0 aliphatic rings. The molecule has 5 nitrogen and oxygen atoms in total. The zero-order chi connectivity index (χ0) is 26.7. The Bertz CT molecular complexity index is 1450. The number of thioether (sulfide) groups is 1. The van der Waals surface area contributed by atoms with Crippen LogP contribution in [0.2, 0.25) is 0 Å². The maximum Gasteiger partial charge on any atom is 0.416 e. The van der Waals surface area contributed by atoms with Crippen LogP contribution in [0.15, 0.2) is 78.5 Å². The first-order valence-corrected chi connectivity index (χ1v) is 12.1. The molecular weight excluding hydrogens is 504 g/mol. The molecule has 1 amide bonds. The molecule has 0 bridgehead atoms. The first-order valence-electron chi connectivity index (χ1n) is 11.1. The summed E-state index contributed by atoms with van der Waals surface area (Å²) in [5.41, 5.74) is 1.98. The van der Waals surface area contributed by atoms with Gasteiger partial charge in [0.05, 0.1) is 5.56 Å². The molecular formula is C27H22F4N4OS. The van der Waals surface area contributed by atoms with Gasteiger partial charge in [0.25, 0.3) is 5.91 Å². The summed E-state index contributed by atoms with van der Waals surface area (Å²) in [5.74, 6) is -0.565. The summed E-state index contributed by atoms with van der Waals surface area (Å²) in [6, 6.07) is 17.5. The van der Waals surface area contributed by atoms with Crippen molar-refractivity contribution in [2.24, 2.45) is 0 Å². The number of rotatable bonds is 7. The van der Waals surface area contributed by atoms with E-state index in [0.717, 1.165) is 27.7 Å². The van der Waals surface area contributed by atoms with Crippen LogP contribution >= 0.6 is 11.8 Å². The van der Waals surface area contributed by atoms with Gasteiger partial charge in [0.2, 0.25) is 5.82 Å². The average Bonchev–Trinajstić information content (AvgIpc) is 3.29. The molecule has 1 heterocycles. The third-order valence-corrected chi connectivity index (χ3v) is 6.84. The molecule has 0 aliphatic carbocycles. The zero-order valence-electron chi connectivity index (χ0n) is 20.0. The lowest BCUT2D eigenvalue weighted by molar-refractivity contribution is -0.138. The Kier molecular flexibility index (Phi) is 7.49. The number of hydrogen-bond acceptors (Lipinski definition) is 4. The van der Waals surface area contributed by atoms with Crippen molar-refractivity contribution in [2.75, 3.05) is 11.9 Å². The standard InChI is InChI=1S/C27H22F4N4OS/c1-4-35-24(25(36)34(3)23-11-7-10-22(17(23)2)27(29,30)31)32-33-26(35)37-16-19-8-5-6-9-21(19)18-12-14-20(28)15-13-18/h4-15H,1,16H2,2-3H3. The fourth-order valence-electron chi connectivity index (χ4n) is 3.94. The molecule has 190 valence electrons. The fraction of sp³-hybridized carbons (Fsp3) is 0.148. The third-order valence-electron chi connectivity index (χ3n) is 5.84. The Morgan fingerprint density at radius 1 is 1.05 bits per heavy atom. The summed E-state index contributed by atoms with van der Waals surface area (Å²) >= 11 is 1.32. The quantitative estimate of drug-likeness (QED) is 0.191. The molecule has 1 aromatic heterocycles. The van der Waals surface area contributed by atoms with Crippen LogP contribution in [0.4, 0.5) is 23.2 Å². The highest BCUT2D eigenvalue weighted by molar-refractivity contribution is 7.98. The van der Waals surface area contributed by atoms with Crippen LogP contribution in [-0.4, -0.2) is 27.7 Å². The lowest BCUT2D eigenvalue weighted by atomic mass is 10.0. The first kappa shape index (κ1) is 26.2. The van der Waals surface area contributed by atoms with Crippen molar-refractivity contribution in [1.82, 2.24) is 14.8 Å². The van der Waals surface area contributed by atoms with E-state index in [1.54, 1.807) is 12.1 Å². The molecule has 0 saturated carbocycles. The van der Waals surface area contributed by atoms with E-state index in [1.807, 2.05) is 24.3 Å². The fourth-order valence-corrected chi connectivity index (χ4v) is 4.87. The highest BCUT2D eigenvalue weighted by atomic mass is 32.2. The van der Waals surface area contributed by atoms with E-state index in [-0.39, 0.29) is 22.9 Å². The highest BCUT2D eigenvalue weighted by Crippen LogP contribution is 2.36. The van der Waals surface area contributed by atoms with Gasteiger partial charge in [-0.05, 0) is 53.4 Å². The molecule has 4 rings (SSSR count). The minimum atomic E-state index is -4.54. The second-order valence-corrected chi connectivity index (χ2v) is 9.07. The first-order chi connectivity index (χ1) is 17.6. The number of benzene rings is 3. The van der Waals surface area contributed by atoms with Crippen LogP contribution in [0.5, 0.6) is 0 Å². The van der Waals surface area contributed by atoms with Gasteiger partial charge in [-0.3, -0.25) is 9.36 Å². The molecule has 0 fully saturated rings. The van der Waals surface area contributed by atoms with E-state index in [0.29, 0.717) is 10.9 Å². The van der Waals surface area contributed by atoms with E-state index in [4.69, 9.17) is 0 Å². The lowest BCUT2D eigenvalue weighted by Gasteiger charge is -2.21. The molecule has 0 unspecified atom stereocenters. The number of amides is 1. The SMILES string of the molecule is C=Cn1c(SCc2ccccc2-c2ccc(F)cc2)nnc1C(=O)N(C)c1cccc(C(F)(F)F)c1C. The van der Waals surface area contributed by atoms with Gasteiger partial charge in [-0.15, -0.1) is 10.2 Å². The Labute approximate surface area is 215 Å². The minimum Gasteiger partial charge on any atom is -0.308 e. The summed E-state index contributed by atoms with van der Waals surface area (Å²) in [6.45, 7) is 5.07. The Morgan fingerprint density at radius 3 is 2.43 bits per heavy atom. The smallest absolute Gasteiger partial charge is 0.308 e.